The van der Waals surface area contributed by atoms with E-state index < -0.39 is 37.0 Å². The van der Waals surface area contributed by atoms with Gasteiger partial charge in [-0.25, -0.2) is 0 Å². The molecule has 0 aromatic heterocycles. The summed E-state index contributed by atoms with van der Waals surface area (Å²) >= 11 is -4.28. The number of unbranched alkanes of at least 4 members (excludes halogenated alkanes) is 1. The third kappa shape index (κ3) is 3.17. The van der Waals surface area contributed by atoms with E-state index in [0.29, 0.717) is 0 Å². The van der Waals surface area contributed by atoms with Crippen LogP contribution in [0.3, 0.4) is 0 Å². The van der Waals surface area contributed by atoms with Gasteiger partial charge in [0, 0.05) is 0 Å². The van der Waals surface area contributed by atoms with Crippen LogP contribution in [0.15, 0.2) is 72.9 Å². The van der Waals surface area contributed by atoms with Gasteiger partial charge in [-0.1, -0.05) is 0 Å². The molecule has 6 unspecified atom stereocenters. The van der Waals surface area contributed by atoms with E-state index in [-0.39, 0.29) is 18.3 Å². The Morgan fingerprint density at radius 1 is 0.690 bits per heavy atom. The number of rotatable bonds is 9. The minimum atomic E-state index is -4.28. The van der Waals surface area contributed by atoms with Gasteiger partial charge in [0.05, 0.1) is 0 Å². The summed E-state index contributed by atoms with van der Waals surface area (Å²) in [6, 6.07) is 0. The monoisotopic (exact) mass is 504 g/mol. The van der Waals surface area contributed by atoms with Gasteiger partial charge in [0.2, 0.25) is 0 Å². The Hall–Kier alpha value is -1.00. The predicted molar refractivity (Wildman–Crippen MR) is 106 cm³/mol. The standard InChI is InChI=1S/3C6H5O2.C4H9.Sn/c3*7-6-4-2-1-3-5(6)8-6;1-3-4-2;/h3*1-5H;1,3-4H2,2H3;/q3*-1;;+3. The molecule has 0 saturated carbocycles. The molecule has 0 bridgehead atoms. The van der Waals surface area contributed by atoms with Crippen molar-refractivity contribution >= 4 is 19.6 Å². The molecule has 29 heavy (non-hydrogen) atoms. The summed E-state index contributed by atoms with van der Waals surface area (Å²) in [6.07, 6.45) is 25.4. The first kappa shape index (κ1) is 18.7. The van der Waals surface area contributed by atoms with Crippen LogP contribution in [0.5, 0.6) is 0 Å². The van der Waals surface area contributed by atoms with E-state index in [1.807, 2.05) is 72.9 Å². The molecule has 0 aromatic carbocycles. The van der Waals surface area contributed by atoms with E-state index >= 15 is 0 Å². The first-order valence-electron chi connectivity index (χ1n) is 10.3. The average molecular weight is 503 g/mol. The molecular formula is C22H24O6Sn. The van der Waals surface area contributed by atoms with E-state index in [4.69, 9.17) is 23.4 Å². The van der Waals surface area contributed by atoms with E-state index in [1.165, 1.54) is 0 Å². The summed E-state index contributed by atoms with van der Waals surface area (Å²) in [6.45, 7) is 2.16. The number of hydrogen-bond acceptors (Lipinski definition) is 6. The van der Waals surface area contributed by atoms with Crippen LogP contribution in [0, 0.1) is 0 Å². The van der Waals surface area contributed by atoms with E-state index in [0.717, 1.165) is 17.3 Å². The van der Waals surface area contributed by atoms with Crippen LogP contribution in [0.2, 0.25) is 4.44 Å². The molecule has 0 radical (unpaired) electrons. The van der Waals surface area contributed by atoms with E-state index in [1.54, 1.807) is 0 Å². The van der Waals surface area contributed by atoms with E-state index in [9.17, 15) is 0 Å². The van der Waals surface area contributed by atoms with Gasteiger partial charge in [0.25, 0.3) is 0 Å². The second kappa shape index (κ2) is 6.50. The Kier molecular flexibility index (Phi) is 4.20. The van der Waals surface area contributed by atoms with E-state index in [2.05, 4.69) is 6.92 Å². The number of fused-ring (bicyclic) bond motifs is 3. The zero-order valence-corrected chi connectivity index (χ0v) is 19.1. The summed E-state index contributed by atoms with van der Waals surface area (Å²) < 4.78 is 38.8. The SMILES string of the molecule is CCC[CH2][Sn]([O]C12C=CC=CC1O2)([O]C12C=CC=CC1O2)[O]C12C=CC=CC1O2. The van der Waals surface area contributed by atoms with Crippen LogP contribution in [-0.2, 0) is 23.4 Å². The van der Waals surface area contributed by atoms with Crippen LogP contribution in [0.1, 0.15) is 19.8 Å². The second-order valence-electron chi connectivity index (χ2n) is 8.10. The van der Waals surface area contributed by atoms with Crippen molar-refractivity contribution in [3.8, 4) is 0 Å². The zero-order valence-electron chi connectivity index (χ0n) is 16.2. The molecule has 3 aliphatic heterocycles. The van der Waals surface area contributed by atoms with Gasteiger partial charge in [0.1, 0.15) is 0 Å². The molecule has 3 aliphatic carbocycles. The van der Waals surface area contributed by atoms with Gasteiger partial charge in [0.15, 0.2) is 0 Å². The minimum absolute atomic E-state index is 0.0946. The van der Waals surface area contributed by atoms with Crippen LogP contribution in [-0.4, -0.2) is 55.3 Å². The molecule has 0 spiro atoms. The molecule has 152 valence electrons. The molecule has 6 atom stereocenters. The first-order valence-corrected chi connectivity index (χ1v) is 15.9. The molecule has 3 saturated heterocycles. The zero-order chi connectivity index (χ0) is 19.6. The molecule has 0 amide bonds. The maximum atomic E-state index is 6.76. The summed E-state index contributed by atoms with van der Waals surface area (Å²) in [5.41, 5.74) is 0. The van der Waals surface area contributed by atoms with Crippen molar-refractivity contribution in [3.63, 3.8) is 0 Å². The number of allylic oxidation sites excluding steroid dienone is 6. The molecule has 6 rings (SSSR count). The average Bonchev–Trinajstić information content (AvgIpc) is 3.62. The number of ether oxygens (including phenoxy) is 3. The Morgan fingerprint density at radius 2 is 1.10 bits per heavy atom. The van der Waals surface area contributed by atoms with Gasteiger partial charge in [-0.15, -0.1) is 0 Å². The maximum absolute atomic E-state index is 6.76. The van der Waals surface area contributed by atoms with Crippen molar-refractivity contribution in [2.45, 2.75) is 59.9 Å². The Morgan fingerprint density at radius 3 is 1.45 bits per heavy atom. The Balaban J connectivity index is 1.33. The molecular weight excluding hydrogens is 479 g/mol. The summed E-state index contributed by atoms with van der Waals surface area (Å²) in [7, 11) is 0. The second-order valence-corrected chi connectivity index (χ2v) is 15.2. The van der Waals surface area contributed by atoms with Crippen LogP contribution < -0.4 is 0 Å². The number of epoxide rings is 3. The summed E-state index contributed by atoms with van der Waals surface area (Å²) in [5, 5.41) is 0. The van der Waals surface area contributed by atoms with Crippen LogP contribution in [0.4, 0.5) is 0 Å². The predicted octanol–water partition coefficient (Wildman–Crippen LogP) is 3.44. The summed E-state index contributed by atoms with van der Waals surface area (Å²) in [4.78, 5) is 0. The topological polar surface area (TPSA) is 65.3 Å². The normalized spacial score (nSPS) is 46.0. The molecule has 0 N–H and O–H groups in total. The Bertz CT molecular complexity index is 782. The van der Waals surface area contributed by atoms with Crippen molar-refractivity contribution < 1.29 is 23.4 Å². The van der Waals surface area contributed by atoms with Crippen molar-refractivity contribution in [2.24, 2.45) is 0 Å². The van der Waals surface area contributed by atoms with Gasteiger partial charge in [-0.2, -0.15) is 0 Å². The molecule has 6 nitrogen and oxygen atoms in total. The van der Waals surface area contributed by atoms with Crippen molar-refractivity contribution in [1.82, 2.24) is 0 Å². The fourth-order valence-corrected chi connectivity index (χ4v) is 13.8. The van der Waals surface area contributed by atoms with Crippen LogP contribution in [0.25, 0.3) is 0 Å². The third-order valence-corrected chi connectivity index (χ3v) is 14.1. The Labute approximate surface area is 175 Å². The van der Waals surface area contributed by atoms with Crippen LogP contribution >= 0.6 is 0 Å². The van der Waals surface area contributed by atoms with Gasteiger partial charge in [-0.05, 0) is 0 Å². The fourth-order valence-electron chi connectivity index (χ4n) is 4.17. The molecule has 6 aliphatic rings. The van der Waals surface area contributed by atoms with Gasteiger partial charge < -0.3 is 0 Å². The fraction of sp³-hybridized carbons (Fsp3) is 0.455. The summed E-state index contributed by atoms with van der Waals surface area (Å²) in [5.74, 6) is -2.37. The number of hydrogen-bond donors (Lipinski definition) is 0. The molecule has 7 heteroatoms. The molecule has 0 aromatic rings. The van der Waals surface area contributed by atoms with Gasteiger partial charge >= 0.3 is 176 Å². The third-order valence-electron chi connectivity index (χ3n) is 5.91. The molecule has 3 fully saturated rings. The van der Waals surface area contributed by atoms with Crippen molar-refractivity contribution in [2.75, 3.05) is 0 Å². The quantitative estimate of drug-likeness (QED) is 0.355. The van der Waals surface area contributed by atoms with Crippen molar-refractivity contribution in [3.05, 3.63) is 72.9 Å². The first-order chi connectivity index (χ1) is 14.1. The van der Waals surface area contributed by atoms with Gasteiger partial charge in [-0.3, -0.25) is 0 Å². The molecule has 3 heterocycles. The van der Waals surface area contributed by atoms with Crippen molar-refractivity contribution in [1.29, 1.82) is 0 Å².